The van der Waals surface area contributed by atoms with E-state index in [0.717, 1.165) is 25.8 Å². The van der Waals surface area contributed by atoms with Crippen LogP contribution in [0.25, 0.3) is 0 Å². The molecule has 0 saturated carbocycles. The van der Waals surface area contributed by atoms with Gasteiger partial charge in [0.1, 0.15) is 5.82 Å². The van der Waals surface area contributed by atoms with Gasteiger partial charge in [0.2, 0.25) is 0 Å². The van der Waals surface area contributed by atoms with Gasteiger partial charge in [0, 0.05) is 24.7 Å². The number of halogens is 1. The van der Waals surface area contributed by atoms with E-state index in [4.69, 9.17) is 5.73 Å². The summed E-state index contributed by atoms with van der Waals surface area (Å²) in [5.74, 6) is -0.365. The third-order valence-electron chi connectivity index (χ3n) is 3.25. The van der Waals surface area contributed by atoms with E-state index in [1.54, 1.807) is 0 Å². The molecular formula is C13H17FN2O. The predicted molar refractivity (Wildman–Crippen MR) is 64.1 cm³/mol. The van der Waals surface area contributed by atoms with Gasteiger partial charge in [-0.25, -0.2) is 4.39 Å². The maximum atomic E-state index is 12.8. The number of piperidine rings is 1. The van der Waals surface area contributed by atoms with E-state index in [2.05, 4.69) is 0 Å². The normalized spacial score (nSPS) is 20.4. The molecule has 2 rings (SSSR count). The highest BCUT2D eigenvalue weighted by Gasteiger charge is 2.26. The summed E-state index contributed by atoms with van der Waals surface area (Å²) in [6, 6.07) is 5.81. The van der Waals surface area contributed by atoms with Gasteiger partial charge in [-0.1, -0.05) is 0 Å². The van der Waals surface area contributed by atoms with Crippen LogP contribution >= 0.6 is 0 Å². The highest BCUT2D eigenvalue weighted by Crippen LogP contribution is 2.19. The average molecular weight is 236 g/mol. The summed E-state index contributed by atoms with van der Waals surface area (Å²) in [5, 5.41) is 0. The Bertz CT molecular complexity index is 391. The molecule has 4 heteroatoms. The Hall–Kier alpha value is -1.42. The van der Waals surface area contributed by atoms with Crippen molar-refractivity contribution in [2.75, 3.05) is 13.1 Å². The molecule has 1 aromatic rings. The summed E-state index contributed by atoms with van der Waals surface area (Å²) in [4.78, 5) is 14.0. The first-order valence-corrected chi connectivity index (χ1v) is 5.99. The lowest BCUT2D eigenvalue weighted by Gasteiger charge is -2.35. The molecule has 0 radical (unpaired) electrons. The molecule has 92 valence electrons. The van der Waals surface area contributed by atoms with E-state index in [9.17, 15) is 9.18 Å². The summed E-state index contributed by atoms with van der Waals surface area (Å²) in [6.07, 6.45) is 3.10. The number of rotatable bonds is 2. The summed E-state index contributed by atoms with van der Waals surface area (Å²) in [7, 11) is 0. The first-order valence-electron chi connectivity index (χ1n) is 5.99. The number of benzene rings is 1. The lowest BCUT2D eigenvalue weighted by atomic mass is 10.0. The molecular weight excluding hydrogens is 219 g/mol. The SMILES string of the molecule is NC[C@@H]1CCCCN1C(=O)c1ccc(F)cc1. The average Bonchev–Trinajstić information content (AvgIpc) is 2.39. The number of nitrogens with zero attached hydrogens (tertiary/aromatic N) is 1. The van der Waals surface area contributed by atoms with Crippen LogP contribution in [0.1, 0.15) is 29.6 Å². The minimum absolute atomic E-state index is 0.0415. The molecule has 1 aliphatic heterocycles. The molecule has 1 atom stereocenters. The van der Waals surface area contributed by atoms with Crippen molar-refractivity contribution < 1.29 is 9.18 Å². The fourth-order valence-electron chi connectivity index (χ4n) is 2.27. The van der Waals surface area contributed by atoms with E-state index >= 15 is 0 Å². The van der Waals surface area contributed by atoms with Crippen molar-refractivity contribution in [3.05, 3.63) is 35.6 Å². The van der Waals surface area contributed by atoms with E-state index in [-0.39, 0.29) is 17.8 Å². The Balaban J connectivity index is 2.15. The molecule has 1 heterocycles. The molecule has 0 unspecified atom stereocenters. The van der Waals surface area contributed by atoms with Crippen LogP contribution in [0.4, 0.5) is 4.39 Å². The molecule has 0 aromatic heterocycles. The van der Waals surface area contributed by atoms with Crippen molar-refractivity contribution in [2.24, 2.45) is 5.73 Å². The number of carbonyl (C=O) groups excluding carboxylic acids is 1. The van der Waals surface area contributed by atoms with Gasteiger partial charge in [0.25, 0.3) is 5.91 Å². The largest absolute Gasteiger partial charge is 0.334 e. The molecule has 1 aromatic carbocycles. The number of nitrogens with two attached hydrogens (primary N) is 1. The minimum Gasteiger partial charge on any atom is -0.334 e. The topological polar surface area (TPSA) is 46.3 Å². The van der Waals surface area contributed by atoms with Gasteiger partial charge in [0.15, 0.2) is 0 Å². The zero-order chi connectivity index (χ0) is 12.3. The second-order valence-electron chi connectivity index (χ2n) is 4.39. The standard InChI is InChI=1S/C13H17FN2O/c14-11-6-4-10(5-7-11)13(17)16-8-2-1-3-12(16)9-15/h4-7,12H,1-3,8-9,15H2/t12-/m0/s1. The second kappa shape index (κ2) is 5.27. The number of hydrogen-bond donors (Lipinski definition) is 1. The first kappa shape index (κ1) is 12.0. The molecule has 2 N–H and O–H groups in total. The lowest BCUT2D eigenvalue weighted by Crippen LogP contribution is -2.47. The third kappa shape index (κ3) is 2.64. The molecule has 0 bridgehead atoms. The molecule has 3 nitrogen and oxygen atoms in total. The van der Waals surface area contributed by atoms with Gasteiger partial charge in [-0.05, 0) is 43.5 Å². The number of amides is 1. The van der Waals surface area contributed by atoms with E-state index in [0.29, 0.717) is 12.1 Å². The van der Waals surface area contributed by atoms with Crippen LogP contribution in [0.2, 0.25) is 0 Å². The van der Waals surface area contributed by atoms with Crippen molar-refractivity contribution >= 4 is 5.91 Å². The van der Waals surface area contributed by atoms with E-state index in [1.165, 1.54) is 24.3 Å². The molecule has 1 amide bonds. The molecule has 1 fully saturated rings. The highest BCUT2D eigenvalue weighted by atomic mass is 19.1. The van der Waals surface area contributed by atoms with Crippen LogP contribution in [0.3, 0.4) is 0 Å². The monoisotopic (exact) mass is 236 g/mol. The number of hydrogen-bond acceptors (Lipinski definition) is 2. The van der Waals surface area contributed by atoms with Crippen LogP contribution < -0.4 is 5.73 Å². The van der Waals surface area contributed by atoms with Gasteiger partial charge < -0.3 is 10.6 Å². The summed E-state index contributed by atoms with van der Waals surface area (Å²) in [5.41, 5.74) is 6.21. The Morgan fingerprint density at radius 1 is 1.35 bits per heavy atom. The van der Waals surface area contributed by atoms with Gasteiger partial charge >= 0.3 is 0 Å². The Kier molecular flexibility index (Phi) is 3.74. The van der Waals surface area contributed by atoms with Crippen LogP contribution in [0.5, 0.6) is 0 Å². The van der Waals surface area contributed by atoms with Crippen LogP contribution in [0.15, 0.2) is 24.3 Å². The first-order chi connectivity index (χ1) is 8.22. The van der Waals surface area contributed by atoms with Crippen molar-refractivity contribution in [3.8, 4) is 0 Å². The van der Waals surface area contributed by atoms with Crippen LogP contribution in [-0.2, 0) is 0 Å². The maximum Gasteiger partial charge on any atom is 0.254 e. The summed E-state index contributed by atoms with van der Waals surface area (Å²) in [6.45, 7) is 1.24. The van der Waals surface area contributed by atoms with Gasteiger partial charge in [-0.2, -0.15) is 0 Å². The van der Waals surface area contributed by atoms with E-state index in [1.807, 2.05) is 4.90 Å². The second-order valence-corrected chi connectivity index (χ2v) is 4.39. The predicted octanol–water partition coefficient (Wildman–Crippen LogP) is 1.78. The zero-order valence-electron chi connectivity index (χ0n) is 9.73. The van der Waals surface area contributed by atoms with Crippen molar-refractivity contribution in [1.82, 2.24) is 4.90 Å². The highest BCUT2D eigenvalue weighted by molar-refractivity contribution is 5.94. The Morgan fingerprint density at radius 3 is 2.71 bits per heavy atom. The molecule has 0 spiro atoms. The van der Waals surface area contributed by atoms with Crippen LogP contribution in [0, 0.1) is 5.82 Å². The summed E-state index contributed by atoms with van der Waals surface area (Å²) < 4.78 is 12.8. The Morgan fingerprint density at radius 2 is 2.06 bits per heavy atom. The quantitative estimate of drug-likeness (QED) is 0.850. The number of carbonyl (C=O) groups is 1. The van der Waals surface area contributed by atoms with Crippen molar-refractivity contribution in [3.63, 3.8) is 0 Å². The Labute approximate surface area is 100 Å². The fraction of sp³-hybridized carbons (Fsp3) is 0.462. The maximum absolute atomic E-state index is 12.8. The summed E-state index contributed by atoms with van der Waals surface area (Å²) >= 11 is 0. The number of likely N-dealkylation sites (tertiary alicyclic amines) is 1. The lowest BCUT2D eigenvalue weighted by molar-refractivity contribution is 0.0623. The fourth-order valence-corrected chi connectivity index (χ4v) is 2.27. The molecule has 1 aliphatic rings. The van der Waals surface area contributed by atoms with Crippen molar-refractivity contribution in [2.45, 2.75) is 25.3 Å². The van der Waals surface area contributed by atoms with Gasteiger partial charge in [0.05, 0.1) is 0 Å². The zero-order valence-corrected chi connectivity index (χ0v) is 9.73. The molecule has 1 saturated heterocycles. The smallest absolute Gasteiger partial charge is 0.254 e. The van der Waals surface area contributed by atoms with Crippen molar-refractivity contribution in [1.29, 1.82) is 0 Å². The van der Waals surface area contributed by atoms with Crippen LogP contribution in [-0.4, -0.2) is 29.9 Å². The van der Waals surface area contributed by atoms with Gasteiger partial charge in [-0.15, -0.1) is 0 Å². The molecule has 17 heavy (non-hydrogen) atoms. The van der Waals surface area contributed by atoms with E-state index < -0.39 is 0 Å². The molecule has 0 aliphatic carbocycles. The minimum atomic E-state index is -0.324. The van der Waals surface area contributed by atoms with Gasteiger partial charge in [-0.3, -0.25) is 4.79 Å². The third-order valence-corrected chi connectivity index (χ3v) is 3.25.